The van der Waals surface area contributed by atoms with Gasteiger partial charge in [-0.25, -0.2) is 4.98 Å². The summed E-state index contributed by atoms with van der Waals surface area (Å²) in [5.41, 5.74) is 3.94. The van der Waals surface area contributed by atoms with Crippen molar-refractivity contribution in [2.45, 2.75) is 6.92 Å². The van der Waals surface area contributed by atoms with Gasteiger partial charge >= 0.3 is 0 Å². The van der Waals surface area contributed by atoms with Gasteiger partial charge in [0.05, 0.1) is 20.9 Å². The Bertz CT molecular complexity index is 1200. The van der Waals surface area contributed by atoms with Crippen LogP contribution >= 0.6 is 34.5 Å². The molecule has 2 N–H and O–H groups in total. The lowest BCUT2D eigenvalue weighted by atomic mass is 10.1. The third-order valence-electron chi connectivity index (χ3n) is 4.23. The first-order chi connectivity index (χ1) is 15.4. The number of pyridine rings is 1. The highest BCUT2D eigenvalue weighted by molar-refractivity contribution is 7.17. The van der Waals surface area contributed by atoms with Gasteiger partial charge in [0.15, 0.2) is 18.4 Å². The minimum Gasteiger partial charge on any atom is -0.387 e. The second kappa shape index (κ2) is 12.4. The van der Waals surface area contributed by atoms with Crippen LogP contribution in [0.15, 0.2) is 48.0 Å². The Balaban J connectivity index is 0.000000213. The fourth-order valence-corrected chi connectivity index (χ4v) is 4.31. The van der Waals surface area contributed by atoms with Gasteiger partial charge in [-0.2, -0.15) is 0 Å². The molecule has 0 spiro atoms. The lowest BCUT2D eigenvalue weighted by molar-refractivity contribution is 0.111. The van der Waals surface area contributed by atoms with Crippen LogP contribution in [0.2, 0.25) is 10.0 Å². The molecule has 0 unspecified atom stereocenters. The van der Waals surface area contributed by atoms with Crippen molar-refractivity contribution in [3.05, 3.63) is 74.8 Å². The van der Waals surface area contributed by atoms with Crippen LogP contribution in [0, 0.1) is 6.92 Å². The molecule has 0 amide bonds. The fraction of sp³-hybridized carbons (Fsp3) is 0.174. The Hall–Kier alpha value is -2.71. The first-order valence-corrected chi connectivity index (χ1v) is 11.2. The van der Waals surface area contributed by atoms with Crippen molar-refractivity contribution < 1.29 is 9.59 Å². The molecule has 3 heterocycles. The molecular formula is C23H24Cl2N4O2S. The van der Waals surface area contributed by atoms with Gasteiger partial charge in [-0.3, -0.25) is 14.2 Å². The molecule has 0 atom stereocenters. The predicted octanol–water partition coefficient (Wildman–Crippen LogP) is 5.89. The zero-order valence-corrected chi connectivity index (χ0v) is 20.5. The number of carbonyl (C=O) groups excluding carboxylic acids is 2. The molecule has 168 valence electrons. The molecule has 9 heteroatoms. The van der Waals surface area contributed by atoms with Gasteiger partial charge in [0, 0.05) is 29.5 Å². The topological polar surface area (TPSA) is 76.0 Å². The number of rotatable bonds is 4. The molecule has 0 saturated heterocycles. The maximum Gasteiger partial charge on any atom is 0.166 e. The van der Waals surface area contributed by atoms with Crippen LogP contribution in [0.3, 0.4) is 0 Å². The Morgan fingerprint density at radius 2 is 1.78 bits per heavy atom. The van der Waals surface area contributed by atoms with Crippen LogP contribution in [0.5, 0.6) is 0 Å². The van der Waals surface area contributed by atoms with E-state index in [0.29, 0.717) is 27.1 Å². The molecule has 0 aliphatic heterocycles. The number of hydrogen-bond acceptors (Lipinski definition) is 6. The summed E-state index contributed by atoms with van der Waals surface area (Å²) in [5.74, 6) is 0.588. The second-order valence-electron chi connectivity index (χ2n) is 6.56. The molecule has 0 aliphatic carbocycles. The Kier molecular flexibility index (Phi) is 9.87. The molecule has 4 rings (SSSR count). The molecule has 6 nitrogen and oxygen atoms in total. The van der Waals surface area contributed by atoms with Crippen molar-refractivity contribution in [2.75, 3.05) is 26.5 Å². The van der Waals surface area contributed by atoms with E-state index < -0.39 is 0 Å². The zero-order valence-electron chi connectivity index (χ0n) is 18.1. The van der Waals surface area contributed by atoms with E-state index >= 15 is 0 Å². The van der Waals surface area contributed by atoms with E-state index in [9.17, 15) is 9.59 Å². The highest BCUT2D eigenvalue weighted by atomic mass is 35.5. The monoisotopic (exact) mass is 490 g/mol. The Morgan fingerprint density at radius 1 is 1.06 bits per heavy atom. The maximum absolute atomic E-state index is 11.1. The summed E-state index contributed by atoms with van der Waals surface area (Å²) in [7, 11) is 5.53. The molecule has 4 aromatic rings. The Morgan fingerprint density at radius 3 is 2.38 bits per heavy atom. The van der Waals surface area contributed by atoms with Gasteiger partial charge in [0.25, 0.3) is 0 Å². The molecule has 32 heavy (non-hydrogen) atoms. The van der Waals surface area contributed by atoms with Gasteiger partial charge in [-0.05, 0) is 68.4 Å². The normalized spacial score (nSPS) is 9.94. The van der Waals surface area contributed by atoms with E-state index in [1.807, 2.05) is 44.6 Å². The third-order valence-corrected chi connectivity index (χ3v) is 5.60. The lowest BCUT2D eigenvalue weighted by Gasteiger charge is -2.07. The average Bonchev–Trinajstić information content (AvgIpc) is 3.36. The van der Waals surface area contributed by atoms with E-state index in [2.05, 4.69) is 15.6 Å². The van der Waals surface area contributed by atoms with E-state index in [-0.39, 0.29) is 0 Å². The summed E-state index contributed by atoms with van der Waals surface area (Å²) < 4.78 is 2.83. The minimum atomic E-state index is 0.527. The van der Waals surface area contributed by atoms with Crippen molar-refractivity contribution in [2.24, 2.45) is 0 Å². The number of aromatic nitrogens is 2. The first-order valence-electron chi connectivity index (χ1n) is 9.58. The standard InChI is InChI=1S/C12H7ClN2OS.C9H10ClNO.C2H7N/c13-9-2-1-4-14-12(9)15-8(7-16)6-11-10(15)3-5-17-11;1-6-3-8(10)4-7(5-12)9(6)11-2;1-3-2/h1-7H;3-5,11H,1-2H3;3H,1-2H3. The summed E-state index contributed by atoms with van der Waals surface area (Å²) >= 11 is 13.5. The first kappa shape index (κ1) is 25.5. The molecule has 0 fully saturated rings. The van der Waals surface area contributed by atoms with Crippen LogP contribution in [-0.4, -0.2) is 43.3 Å². The molecule has 0 bridgehead atoms. The molecule has 0 saturated carbocycles. The van der Waals surface area contributed by atoms with E-state index in [4.69, 9.17) is 23.2 Å². The van der Waals surface area contributed by atoms with Crippen molar-refractivity contribution in [3.63, 3.8) is 0 Å². The number of aldehydes is 2. The van der Waals surface area contributed by atoms with Gasteiger partial charge < -0.3 is 10.6 Å². The van der Waals surface area contributed by atoms with Crippen molar-refractivity contribution in [1.82, 2.24) is 14.9 Å². The summed E-state index contributed by atoms with van der Waals surface area (Å²) in [6.45, 7) is 1.91. The summed E-state index contributed by atoms with van der Waals surface area (Å²) in [6, 6.07) is 10.8. The molecule has 0 radical (unpaired) electrons. The highest BCUT2D eigenvalue weighted by Crippen LogP contribution is 2.29. The number of benzene rings is 1. The number of fused-ring (bicyclic) bond motifs is 1. The number of hydrogen-bond donors (Lipinski definition) is 2. The number of thiophene rings is 1. The van der Waals surface area contributed by atoms with Crippen molar-refractivity contribution in [3.8, 4) is 5.82 Å². The Labute approximate surface area is 201 Å². The van der Waals surface area contributed by atoms with E-state index in [1.54, 1.807) is 47.3 Å². The molecular weight excluding hydrogens is 467 g/mol. The lowest BCUT2D eigenvalue weighted by Crippen LogP contribution is -2.01. The van der Waals surface area contributed by atoms with Crippen molar-refractivity contribution >= 4 is 63.0 Å². The second-order valence-corrected chi connectivity index (χ2v) is 8.35. The number of anilines is 1. The number of aryl methyl sites for hydroxylation is 1. The third kappa shape index (κ3) is 5.95. The molecule has 3 aromatic heterocycles. The van der Waals surface area contributed by atoms with Crippen LogP contribution in [0.4, 0.5) is 5.69 Å². The zero-order chi connectivity index (χ0) is 23.7. The van der Waals surface area contributed by atoms with E-state index in [1.165, 1.54) is 0 Å². The summed E-state index contributed by atoms with van der Waals surface area (Å²) in [6.07, 6.45) is 3.27. The van der Waals surface area contributed by atoms with Crippen LogP contribution in [0.1, 0.15) is 26.4 Å². The largest absolute Gasteiger partial charge is 0.387 e. The summed E-state index contributed by atoms with van der Waals surface area (Å²) in [4.78, 5) is 25.9. The fourth-order valence-electron chi connectivity index (χ4n) is 3.01. The minimum absolute atomic E-state index is 0.527. The quantitative estimate of drug-likeness (QED) is 0.348. The average molecular weight is 491 g/mol. The number of nitrogens with one attached hydrogen (secondary N) is 2. The molecule has 1 aromatic carbocycles. The highest BCUT2D eigenvalue weighted by Gasteiger charge is 2.14. The van der Waals surface area contributed by atoms with Crippen LogP contribution in [-0.2, 0) is 0 Å². The van der Waals surface area contributed by atoms with Crippen LogP contribution < -0.4 is 10.6 Å². The number of halogens is 2. The van der Waals surface area contributed by atoms with Gasteiger partial charge in [0.2, 0.25) is 0 Å². The van der Waals surface area contributed by atoms with Gasteiger partial charge in [-0.1, -0.05) is 23.2 Å². The molecule has 0 aliphatic rings. The van der Waals surface area contributed by atoms with Crippen LogP contribution in [0.25, 0.3) is 16.0 Å². The number of nitrogens with zero attached hydrogens (tertiary/aromatic N) is 2. The van der Waals surface area contributed by atoms with E-state index in [0.717, 1.165) is 34.0 Å². The SMILES string of the molecule is CNC.CNc1c(C)cc(Cl)cc1C=O.O=Cc1cc2sccc2n1-c1ncccc1Cl. The van der Waals surface area contributed by atoms with Gasteiger partial charge in [-0.15, -0.1) is 11.3 Å². The number of carbonyl (C=O) groups is 2. The van der Waals surface area contributed by atoms with Gasteiger partial charge in [0.1, 0.15) is 0 Å². The predicted molar refractivity (Wildman–Crippen MR) is 135 cm³/mol. The maximum atomic E-state index is 11.1. The summed E-state index contributed by atoms with van der Waals surface area (Å²) in [5, 5.41) is 8.80. The van der Waals surface area contributed by atoms with Crippen molar-refractivity contribution in [1.29, 1.82) is 0 Å². The smallest absolute Gasteiger partial charge is 0.166 e.